The van der Waals surface area contributed by atoms with Crippen molar-refractivity contribution in [3.63, 3.8) is 0 Å². The molecule has 1 heterocycles. The van der Waals surface area contributed by atoms with Crippen molar-refractivity contribution >= 4 is 5.91 Å². The van der Waals surface area contributed by atoms with E-state index in [0.29, 0.717) is 6.42 Å². The predicted octanol–water partition coefficient (Wildman–Crippen LogP) is 4.25. The van der Waals surface area contributed by atoms with Crippen LogP contribution in [0.4, 0.5) is 4.39 Å². The summed E-state index contributed by atoms with van der Waals surface area (Å²) in [5, 5.41) is 0. The van der Waals surface area contributed by atoms with Gasteiger partial charge in [0, 0.05) is 6.42 Å². The van der Waals surface area contributed by atoms with E-state index in [9.17, 15) is 9.18 Å². The molecular formula is C18H18FNO. The second-order valence-corrected chi connectivity index (χ2v) is 5.49. The fraction of sp³-hybridized carbons (Fsp3) is 0.278. The number of nitrogens with zero attached hydrogens (tertiary/aromatic N) is 1. The molecule has 3 heteroatoms. The van der Waals surface area contributed by atoms with Gasteiger partial charge in [0.05, 0.1) is 12.1 Å². The Balaban J connectivity index is 1.91. The van der Waals surface area contributed by atoms with Gasteiger partial charge in [-0.05, 0) is 36.6 Å². The predicted molar refractivity (Wildman–Crippen MR) is 80.1 cm³/mol. The molecule has 2 aromatic carbocycles. The minimum atomic E-state index is -0.245. The Bertz CT molecular complexity index is 623. The maximum Gasteiger partial charge on any atom is 0.223 e. The summed E-state index contributed by atoms with van der Waals surface area (Å²) in [7, 11) is 0. The Morgan fingerprint density at radius 1 is 1.10 bits per heavy atom. The molecule has 0 radical (unpaired) electrons. The highest BCUT2D eigenvalue weighted by Gasteiger charge is 2.35. The molecule has 2 atom stereocenters. The van der Waals surface area contributed by atoms with Gasteiger partial charge >= 0.3 is 0 Å². The zero-order valence-electron chi connectivity index (χ0n) is 12.0. The highest BCUT2D eigenvalue weighted by atomic mass is 19.1. The molecule has 0 spiro atoms. The first-order valence-corrected chi connectivity index (χ1v) is 7.28. The number of benzene rings is 2. The Hall–Kier alpha value is -2.16. The zero-order valence-corrected chi connectivity index (χ0v) is 12.0. The van der Waals surface area contributed by atoms with Crippen molar-refractivity contribution in [3.05, 3.63) is 71.5 Å². The van der Waals surface area contributed by atoms with Crippen LogP contribution in [0.25, 0.3) is 0 Å². The number of carbonyl (C=O) groups is 1. The SMILES string of the molecule is CC(c1ccccc1)N1C(=O)CC[C@H]1c1ccc(F)cc1. The largest absolute Gasteiger partial charge is 0.329 e. The van der Waals surface area contributed by atoms with Crippen LogP contribution in [0.2, 0.25) is 0 Å². The fourth-order valence-electron chi connectivity index (χ4n) is 3.09. The van der Waals surface area contributed by atoms with Gasteiger partial charge < -0.3 is 4.90 Å². The Kier molecular flexibility index (Phi) is 3.74. The van der Waals surface area contributed by atoms with E-state index >= 15 is 0 Å². The summed E-state index contributed by atoms with van der Waals surface area (Å²) < 4.78 is 13.1. The highest BCUT2D eigenvalue weighted by molar-refractivity contribution is 5.79. The van der Waals surface area contributed by atoms with Crippen molar-refractivity contribution < 1.29 is 9.18 Å². The Morgan fingerprint density at radius 2 is 1.76 bits per heavy atom. The molecule has 0 N–H and O–H groups in total. The van der Waals surface area contributed by atoms with Crippen LogP contribution in [0.3, 0.4) is 0 Å². The molecule has 0 aliphatic carbocycles. The average Bonchev–Trinajstić information content (AvgIpc) is 2.90. The molecule has 0 saturated carbocycles. The molecule has 0 aromatic heterocycles. The van der Waals surface area contributed by atoms with Gasteiger partial charge in [-0.1, -0.05) is 42.5 Å². The van der Waals surface area contributed by atoms with Gasteiger partial charge in [0.2, 0.25) is 5.91 Å². The van der Waals surface area contributed by atoms with Gasteiger partial charge in [-0.15, -0.1) is 0 Å². The standard InChI is InChI=1S/C18H18FNO/c1-13(14-5-3-2-4-6-14)20-17(11-12-18(20)21)15-7-9-16(19)10-8-15/h2-10,13,17H,11-12H2,1H3/t13?,17-/m0/s1. The van der Waals surface area contributed by atoms with Crippen molar-refractivity contribution in [2.24, 2.45) is 0 Å². The number of amides is 1. The van der Waals surface area contributed by atoms with E-state index in [2.05, 4.69) is 6.92 Å². The molecule has 1 saturated heterocycles. The van der Waals surface area contributed by atoms with Crippen LogP contribution in [0.5, 0.6) is 0 Å². The maximum atomic E-state index is 13.1. The topological polar surface area (TPSA) is 20.3 Å². The van der Waals surface area contributed by atoms with Crippen molar-refractivity contribution in [1.82, 2.24) is 4.90 Å². The van der Waals surface area contributed by atoms with Crippen LogP contribution in [0, 0.1) is 5.82 Å². The van der Waals surface area contributed by atoms with Gasteiger partial charge in [0.25, 0.3) is 0 Å². The van der Waals surface area contributed by atoms with Crippen molar-refractivity contribution in [2.45, 2.75) is 31.8 Å². The molecule has 1 fully saturated rings. The van der Waals surface area contributed by atoms with E-state index in [1.807, 2.05) is 35.2 Å². The van der Waals surface area contributed by atoms with E-state index in [4.69, 9.17) is 0 Å². The normalized spacial score (nSPS) is 19.8. The third-order valence-corrected chi connectivity index (χ3v) is 4.21. The number of halogens is 1. The summed E-state index contributed by atoms with van der Waals surface area (Å²) in [5.74, 6) is -0.0774. The number of likely N-dealkylation sites (tertiary alicyclic amines) is 1. The quantitative estimate of drug-likeness (QED) is 0.824. The minimum absolute atomic E-state index is 0.0243. The molecule has 1 aliphatic heterocycles. The van der Waals surface area contributed by atoms with Gasteiger partial charge in [-0.3, -0.25) is 4.79 Å². The van der Waals surface area contributed by atoms with Crippen molar-refractivity contribution in [1.29, 1.82) is 0 Å². The molecule has 1 unspecified atom stereocenters. The van der Waals surface area contributed by atoms with Gasteiger partial charge in [-0.25, -0.2) is 4.39 Å². The monoisotopic (exact) mass is 283 g/mol. The second kappa shape index (κ2) is 5.68. The summed E-state index contributed by atoms with van der Waals surface area (Å²) in [5.41, 5.74) is 2.13. The Labute approximate surface area is 124 Å². The van der Waals surface area contributed by atoms with Gasteiger partial charge in [0.1, 0.15) is 5.82 Å². The summed E-state index contributed by atoms with van der Waals surface area (Å²) in [6.45, 7) is 2.05. The molecule has 1 aliphatic rings. The van der Waals surface area contributed by atoms with Gasteiger partial charge in [0.15, 0.2) is 0 Å². The van der Waals surface area contributed by atoms with Crippen LogP contribution < -0.4 is 0 Å². The first kappa shape index (κ1) is 13.8. The molecule has 3 rings (SSSR count). The number of rotatable bonds is 3. The van der Waals surface area contributed by atoms with Gasteiger partial charge in [-0.2, -0.15) is 0 Å². The third-order valence-electron chi connectivity index (χ3n) is 4.21. The zero-order chi connectivity index (χ0) is 14.8. The first-order valence-electron chi connectivity index (χ1n) is 7.28. The van der Waals surface area contributed by atoms with E-state index in [1.54, 1.807) is 12.1 Å². The van der Waals surface area contributed by atoms with Crippen LogP contribution in [0.1, 0.15) is 43.0 Å². The average molecular weight is 283 g/mol. The maximum absolute atomic E-state index is 13.1. The molecular weight excluding hydrogens is 265 g/mol. The van der Waals surface area contributed by atoms with E-state index < -0.39 is 0 Å². The minimum Gasteiger partial charge on any atom is -0.329 e. The molecule has 0 bridgehead atoms. The summed E-state index contributed by atoms with van der Waals surface area (Å²) in [4.78, 5) is 14.2. The number of hydrogen-bond acceptors (Lipinski definition) is 1. The van der Waals surface area contributed by atoms with Crippen molar-refractivity contribution in [3.8, 4) is 0 Å². The molecule has 2 aromatic rings. The number of hydrogen-bond donors (Lipinski definition) is 0. The lowest BCUT2D eigenvalue weighted by Crippen LogP contribution is -2.30. The van der Waals surface area contributed by atoms with E-state index in [1.165, 1.54) is 12.1 Å². The smallest absolute Gasteiger partial charge is 0.223 e. The summed E-state index contributed by atoms with van der Waals surface area (Å²) in [6.07, 6.45) is 1.35. The van der Waals surface area contributed by atoms with E-state index in [-0.39, 0.29) is 23.8 Å². The lowest BCUT2D eigenvalue weighted by atomic mass is 10.0. The van der Waals surface area contributed by atoms with Crippen LogP contribution in [-0.2, 0) is 4.79 Å². The van der Waals surface area contributed by atoms with E-state index in [0.717, 1.165) is 17.5 Å². The highest BCUT2D eigenvalue weighted by Crippen LogP contribution is 2.39. The van der Waals surface area contributed by atoms with Crippen LogP contribution in [0.15, 0.2) is 54.6 Å². The number of carbonyl (C=O) groups excluding carboxylic acids is 1. The summed E-state index contributed by atoms with van der Waals surface area (Å²) in [6, 6.07) is 16.6. The van der Waals surface area contributed by atoms with Crippen LogP contribution in [-0.4, -0.2) is 10.8 Å². The first-order chi connectivity index (χ1) is 10.2. The molecule has 108 valence electrons. The second-order valence-electron chi connectivity index (χ2n) is 5.49. The Morgan fingerprint density at radius 3 is 2.43 bits per heavy atom. The lowest BCUT2D eigenvalue weighted by molar-refractivity contribution is -0.131. The van der Waals surface area contributed by atoms with Crippen LogP contribution >= 0.6 is 0 Å². The lowest BCUT2D eigenvalue weighted by Gasteiger charge is -2.31. The molecule has 1 amide bonds. The third kappa shape index (κ3) is 2.68. The fourth-order valence-corrected chi connectivity index (χ4v) is 3.09. The molecule has 21 heavy (non-hydrogen) atoms. The summed E-state index contributed by atoms with van der Waals surface area (Å²) >= 11 is 0. The van der Waals surface area contributed by atoms with Crippen molar-refractivity contribution in [2.75, 3.05) is 0 Å². The molecule has 2 nitrogen and oxygen atoms in total.